The topological polar surface area (TPSA) is 67.4 Å². The van der Waals surface area contributed by atoms with Gasteiger partial charge in [0.2, 0.25) is 5.91 Å². The van der Waals surface area contributed by atoms with E-state index in [1.165, 1.54) is 6.08 Å². The van der Waals surface area contributed by atoms with E-state index in [0.717, 1.165) is 27.6 Å². The lowest BCUT2D eigenvalue weighted by Crippen LogP contribution is -2.23. The molecule has 2 N–H and O–H groups in total. The molecule has 0 aliphatic carbocycles. The van der Waals surface area contributed by atoms with E-state index in [0.29, 0.717) is 12.2 Å². The van der Waals surface area contributed by atoms with Gasteiger partial charge in [-0.1, -0.05) is 78.9 Å². The fraction of sp³-hybridized carbons (Fsp3) is 0.0370. The van der Waals surface area contributed by atoms with Crippen LogP contribution < -0.4 is 10.8 Å². The lowest BCUT2D eigenvalue weighted by molar-refractivity contribution is -0.111. The number of rotatable bonds is 7. The van der Waals surface area contributed by atoms with Gasteiger partial charge in [0.1, 0.15) is 0 Å². The van der Waals surface area contributed by atoms with Crippen LogP contribution in [-0.2, 0) is 16.2 Å². The summed E-state index contributed by atoms with van der Waals surface area (Å²) in [4.78, 5) is 29.8. The predicted octanol–water partition coefficient (Wildman–Crippen LogP) is 5.35. The summed E-state index contributed by atoms with van der Waals surface area (Å²) < 4.78 is 0. The standard InChI is InChI=1S/C27H22N2O3/c30-26(28-25-12-6-10-22-9-4-5-11-24(22)25)18-15-20-13-16-23(17-14-20)27(31)29-32-19-21-7-2-1-3-8-21/h1-18H,19H2,(H,28,30)(H,29,31). The van der Waals surface area contributed by atoms with E-state index in [9.17, 15) is 9.59 Å². The number of anilines is 1. The molecule has 0 radical (unpaired) electrons. The third-order valence-corrected chi connectivity index (χ3v) is 4.89. The first-order valence-corrected chi connectivity index (χ1v) is 10.2. The van der Waals surface area contributed by atoms with Crippen molar-refractivity contribution in [3.05, 3.63) is 120 Å². The molecule has 32 heavy (non-hydrogen) atoms. The van der Waals surface area contributed by atoms with Gasteiger partial charge < -0.3 is 5.32 Å². The molecule has 2 amide bonds. The minimum atomic E-state index is -0.329. The second-order valence-corrected chi connectivity index (χ2v) is 7.18. The summed E-state index contributed by atoms with van der Waals surface area (Å²) in [6.45, 7) is 0.291. The molecule has 0 fully saturated rings. The highest BCUT2D eigenvalue weighted by Gasteiger charge is 2.06. The van der Waals surface area contributed by atoms with E-state index in [2.05, 4.69) is 10.8 Å². The highest BCUT2D eigenvalue weighted by molar-refractivity contribution is 6.07. The van der Waals surface area contributed by atoms with E-state index in [1.54, 1.807) is 30.3 Å². The van der Waals surface area contributed by atoms with Crippen LogP contribution in [0, 0.1) is 0 Å². The van der Waals surface area contributed by atoms with Crippen LogP contribution in [0.3, 0.4) is 0 Å². The van der Waals surface area contributed by atoms with Crippen LogP contribution in [-0.4, -0.2) is 11.8 Å². The van der Waals surface area contributed by atoms with E-state index in [-0.39, 0.29) is 11.8 Å². The molecule has 4 rings (SSSR count). The zero-order valence-electron chi connectivity index (χ0n) is 17.3. The molecule has 5 nitrogen and oxygen atoms in total. The van der Waals surface area contributed by atoms with Crippen molar-refractivity contribution in [3.8, 4) is 0 Å². The second kappa shape index (κ2) is 10.2. The zero-order valence-corrected chi connectivity index (χ0v) is 17.3. The molecule has 0 aliphatic rings. The molecular weight excluding hydrogens is 400 g/mol. The van der Waals surface area contributed by atoms with Crippen molar-refractivity contribution in [2.45, 2.75) is 6.61 Å². The summed E-state index contributed by atoms with van der Waals surface area (Å²) in [6.07, 6.45) is 3.17. The minimum Gasteiger partial charge on any atom is -0.322 e. The Kier molecular flexibility index (Phi) is 6.70. The molecule has 0 atom stereocenters. The molecular formula is C27H22N2O3. The molecule has 158 valence electrons. The van der Waals surface area contributed by atoms with Crippen LogP contribution in [0.1, 0.15) is 21.5 Å². The minimum absolute atomic E-state index is 0.225. The maximum absolute atomic E-state index is 12.4. The number of amides is 2. The highest BCUT2D eigenvalue weighted by atomic mass is 16.6. The average molecular weight is 422 g/mol. The van der Waals surface area contributed by atoms with Gasteiger partial charge in [-0.15, -0.1) is 0 Å². The first-order chi connectivity index (χ1) is 15.7. The number of hydrogen-bond acceptors (Lipinski definition) is 3. The molecule has 4 aromatic carbocycles. The Morgan fingerprint density at radius 1 is 0.781 bits per heavy atom. The number of carbonyl (C=O) groups is 2. The lowest BCUT2D eigenvalue weighted by atomic mass is 10.1. The van der Waals surface area contributed by atoms with Gasteiger partial charge in [-0.05, 0) is 40.8 Å². The zero-order chi connectivity index (χ0) is 22.2. The summed E-state index contributed by atoms with van der Waals surface area (Å²) in [5, 5.41) is 4.97. The van der Waals surface area contributed by atoms with Crippen LogP contribution in [0.25, 0.3) is 16.8 Å². The molecule has 0 spiro atoms. The molecule has 5 heteroatoms. The lowest BCUT2D eigenvalue weighted by Gasteiger charge is -2.07. The number of hydroxylamine groups is 1. The molecule has 0 saturated carbocycles. The molecule has 4 aromatic rings. The van der Waals surface area contributed by atoms with Crippen molar-refractivity contribution in [1.82, 2.24) is 5.48 Å². The Labute approximate surface area is 186 Å². The van der Waals surface area contributed by atoms with Crippen LogP contribution in [0.2, 0.25) is 0 Å². The van der Waals surface area contributed by atoms with Crippen LogP contribution in [0.15, 0.2) is 103 Å². The Morgan fingerprint density at radius 2 is 1.50 bits per heavy atom. The Morgan fingerprint density at radius 3 is 2.31 bits per heavy atom. The largest absolute Gasteiger partial charge is 0.322 e. The maximum Gasteiger partial charge on any atom is 0.274 e. The third-order valence-electron chi connectivity index (χ3n) is 4.89. The van der Waals surface area contributed by atoms with Gasteiger partial charge in [0, 0.05) is 22.7 Å². The summed E-state index contributed by atoms with van der Waals surface area (Å²) in [6, 6.07) is 30.2. The predicted molar refractivity (Wildman–Crippen MR) is 127 cm³/mol. The van der Waals surface area contributed by atoms with Gasteiger partial charge in [-0.3, -0.25) is 14.4 Å². The number of carbonyl (C=O) groups excluding carboxylic acids is 2. The Hall–Kier alpha value is -4.22. The Bertz CT molecular complexity index is 1240. The first-order valence-electron chi connectivity index (χ1n) is 10.2. The third kappa shape index (κ3) is 5.47. The van der Waals surface area contributed by atoms with E-state index in [4.69, 9.17) is 4.84 Å². The number of fused-ring (bicyclic) bond motifs is 1. The molecule has 0 saturated heterocycles. The van der Waals surface area contributed by atoms with Crippen molar-refractivity contribution in [1.29, 1.82) is 0 Å². The first kappa shape index (κ1) is 21.0. The quantitative estimate of drug-likeness (QED) is 0.311. The van der Waals surface area contributed by atoms with Gasteiger partial charge >= 0.3 is 0 Å². The number of nitrogens with one attached hydrogen (secondary N) is 2. The fourth-order valence-electron chi connectivity index (χ4n) is 3.24. The van der Waals surface area contributed by atoms with Gasteiger partial charge in [0.05, 0.1) is 6.61 Å². The fourth-order valence-corrected chi connectivity index (χ4v) is 3.24. The van der Waals surface area contributed by atoms with Gasteiger partial charge in [-0.25, -0.2) is 5.48 Å². The maximum atomic E-state index is 12.4. The van der Waals surface area contributed by atoms with Crippen molar-refractivity contribution in [3.63, 3.8) is 0 Å². The SMILES string of the molecule is O=C(C=Cc1ccc(C(=O)NOCc2ccccc2)cc1)Nc1cccc2ccccc12. The molecule has 0 bridgehead atoms. The second-order valence-electron chi connectivity index (χ2n) is 7.18. The summed E-state index contributed by atoms with van der Waals surface area (Å²) in [7, 11) is 0. The van der Waals surface area contributed by atoms with Gasteiger partial charge in [-0.2, -0.15) is 0 Å². The summed E-state index contributed by atoms with van der Waals surface area (Å²) in [5.41, 5.74) is 5.44. The average Bonchev–Trinajstić information content (AvgIpc) is 2.84. The van der Waals surface area contributed by atoms with E-state index >= 15 is 0 Å². The summed E-state index contributed by atoms with van der Waals surface area (Å²) >= 11 is 0. The molecule has 0 heterocycles. The normalized spacial score (nSPS) is 10.9. The van der Waals surface area contributed by atoms with Gasteiger partial charge in [0.25, 0.3) is 5.91 Å². The van der Waals surface area contributed by atoms with Crippen molar-refractivity contribution >= 4 is 34.4 Å². The van der Waals surface area contributed by atoms with Crippen LogP contribution in [0.5, 0.6) is 0 Å². The summed E-state index contributed by atoms with van der Waals surface area (Å²) in [5.74, 6) is -0.553. The van der Waals surface area contributed by atoms with E-state index < -0.39 is 0 Å². The smallest absolute Gasteiger partial charge is 0.274 e. The van der Waals surface area contributed by atoms with Crippen molar-refractivity contribution < 1.29 is 14.4 Å². The molecule has 0 aromatic heterocycles. The molecule has 0 aliphatic heterocycles. The number of benzene rings is 4. The van der Waals surface area contributed by atoms with Crippen LogP contribution in [0.4, 0.5) is 5.69 Å². The highest BCUT2D eigenvalue weighted by Crippen LogP contribution is 2.22. The Balaban J connectivity index is 1.31. The molecule has 0 unspecified atom stereocenters. The van der Waals surface area contributed by atoms with Gasteiger partial charge in [0.15, 0.2) is 0 Å². The van der Waals surface area contributed by atoms with Crippen molar-refractivity contribution in [2.24, 2.45) is 0 Å². The van der Waals surface area contributed by atoms with Crippen LogP contribution >= 0.6 is 0 Å². The van der Waals surface area contributed by atoms with E-state index in [1.807, 2.05) is 72.8 Å². The van der Waals surface area contributed by atoms with Crippen molar-refractivity contribution in [2.75, 3.05) is 5.32 Å². The monoisotopic (exact) mass is 422 g/mol. The number of hydrogen-bond donors (Lipinski definition) is 2.